The van der Waals surface area contributed by atoms with Crippen molar-refractivity contribution in [2.24, 2.45) is 10.8 Å². The van der Waals surface area contributed by atoms with E-state index in [2.05, 4.69) is 13.8 Å². The molecule has 0 aromatic rings. The number of carbonyl (C=O) groups is 1. The third kappa shape index (κ3) is 3.78. The molecule has 0 saturated heterocycles. The smallest absolute Gasteiger partial charge is 0.311 e. The second-order valence-corrected chi connectivity index (χ2v) is 6.36. The van der Waals surface area contributed by atoms with Gasteiger partial charge in [-0.25, -0.2) is 0 Å². The van der Waals surface area contributed by atoms with E-state index in [0.29, 0.717) is 12.0 Å². The van der Waals surface area contributed by atoms with Gasteiger partial charge in [0, 0.05) is 0 Å². The third-order valence-electron chi connectivity index (χ3n) is 3.55. The second kappa shape index (κ2) is 4.74. The van der Waals surface area contributed by atoms with Crippen LogP contribution in [0, 0.1) is 10.8 Å². The maximum absolute atomic E-state index is 10.9. The van der Waals surface area contributed by atoms with E-state index in [1.165, 1.54) is 12.8 Å². The molecule has 0 aliphatic heterocycles. The fourth-order valence-electron chi connectivity index (χ4n) is 1.93. The van der Waals surface area contributed by atoms with Crippen molar-refractivity contribution >= 4 is 5.97 Å². The van der Waals surface area contributed by atoms with Crippen molar-refractivity contribution in [3.8, 4) is 0 Å². The van der Waals surface area contributed by atoms with Crippen molar-refractivity contribution in [1.29, 1.82) is 0 Å². The van der Waals surface area contributed by atoms with Gasteiger partial charge >= 0.3 is 5.97 Å². The van der Waals surface area contributed by atoms with Gasteiger partial charge in [-0.1, -0.05) is 13.8 Å². The summed E-state index contributed by atoms with van der Waals surface area (Å²) in [6.45, 7) is 8.30. The van der Waals surface area contributed by atoms with Gasteiger partial charge in [-0.15, -0.1) is 0 Å². The Labute approximate surface area is 98.2 Å². The first-order chi connectivity index (χ1) is 7.23. The van der Waals surface area contributed by atoms with Gasteiger partial charge < -0.3 is 9.84 Å². The van der Waals surface area contributed by atoms with Crippen molar-refractivity contribution < 1.29 is 14.6 Å². The fraction of sp³-hybridized carbons (Fsp3) is 0.923. The first-order valence-corrected chi connectivity index (χ1v) is 6.08. The largest absolute Gasteiger partial charge is 0.481 e. The predicted octanol–water partition coefficient (Wildman–Crippen LogP) is 3.08. The molecule has 0 atom stereocenters. The van der Waals surface area contributed by atoms with Crippen LogP contribution in [0.2, 0.25) is 0 Å². The first-order valence-electron chi connectivity index (χ1n) is 6.08. The Bertz CT molecular complexity index is 246. The van der Waals surface area contributed by atoms with E-state index in [4.69, 9.17) is 9.84 Å². The number of ether oxygens (including phenoxy) is 1. The molecule has 1 saturated carbocycles. The van der Waals surface area contributed by atoms with E-state index in [-0.39, 0.29) is 6.10 Å². The SMILES string of the molecule is CC1(C)CCC(OCC(C)(C)C(=O)O)CC1. The Morgan fingerprint density at radius 3 is 2.31 bits per heavy atom. The Balaban J connectivity index is 2.33. The maximum Gasteiger partial charge on any atom is 0.311 e. The number of aliphatic carboxylic acids is 1. The molecule has 0 aromatic carbocycles. The molecule has 16 heavy (non-hydrogen) atoms. The number of hydrogen-bond donors (Lipinski definition) is 1. The molecule has 0 aromatic heterocycles. The summed E-state index contributed by atoms with van der Waals surface area (Å²) in [6.07, 6.45) is 4.72. The van der Waals surface area contributed by atoms with Gasteiger partial charge in [-0.05, 0) is 44.9 Å². The van der Waals surface area contributed by atoms with Gasteiger partial charge in [0.05, 0.1) is 18.1 Å². The van der Waals surface area contributed by atoms with Gasteiger partial charge in [0.2, 0.25) is 0 Å². The lowest BCUT2D eigenvalue weighted by Gasteiger charge is -2.35. The summed E-state index contributed by atoms with van der Waals surface area (Å²) < 4.78 is 5.72. The van der Waals surface area contributed by atoms with Crippen molar-refractivity contribution in [3.05, 3.63) is 0 Å². The minimum absolute atomic E-state index is 0.256. The molecule has 3 nitrogen and oxygen atoms in total. The molecular formula is C13H24O3. The lowest BCUT2D eigenvalue weighted by atomic mass is 9.76. The highest BCUT2D eigenvalue weighted by atomic mass is 16.5. The van der Waals surface area contributed by atoms with Crippen LogP contribution in [0.5, 0.6) is 0 Å². The van der Waals surface area contributed by atoms with Crippen molar-refractivity contribution in [2.45, 2.75) is 59.5 Å². The summed E-state index contributed by atoms with van der Waals surface area (Å²) >= 11 is 0. The quantitative estimate of drug-likeness (QED) is 0.804. The van der Waals surface area contributed by atoms with Crippen LogP contribution in [0.1, 0.15) is 53.4 Å². The molecule has 1 fully saturated rings. The lowest BCUT2D eigenvalue weighted by molar-refractivity contribution is -0.152. The van der Waals surface area contributed by atoms with Crippen LogP contribution in [0.4, 0.5) is 0 Å². The zero-order chi connectivity index (χ0) is 12.4. The standard InChI is InChI=1S/C13H24O3/c1-12(2)7-5-10(6-8-12)16-9-13(3,4)11(14)15/h10H,5-9H2,1-4H3,(H,14,15). The van der Waals surface area contributed by atoms with Crippen molar-refractivity contribution in [2.75, 3.05) is 6.61 Å². The third-order valence-corrected chi connectivity index (χ3v) is 3.55. The van der Waals surface area contributed by atoms with Gasteiger partial charge in [-0.3, -0.25) is 4.79 Å². The summed E-state index contributed by atoms with van der Waals surface area (Å²) in [6, 6.07) is 0. The summed E-state index contributed by atoms with van der Waals surface area (Å²) in [7, 11) is 0. The van der Waals surface area contributed by atoms with Gasteiger partial charge in [0.15, 0.2) is 0 Å². The van der Waals surface area contributed by atoms with Gasteiger partial charge in [0.1, 0.15) is 0 Å². The van der Waals surface area contributed by atoms with Crippen LogP contribution >= 0.6 is 0 Å². The molecule has 0 bridgehead atoms. The zero-order valence-corrected chi connectivity index (χ0v) is 10.9. The Kier molecular flexibility index (Phi) is 4.00. The highest BCUT2D eigenvalue weighted by molar-refractivity contribution is 5.73. The van der Waals surface area contributed by atoms with E-state index in [1.54, 1.807) is 13.8 Å². The molecule has 1 rings (SSSR count). The number of carboxylic acid groups (broad SMARTS) is 1. The minimum Gasteiger partial charge on any atom is -0.481 e. The lowest BCUT2D eigenvalue weighted by Crippen LogP contribution is -2.34. The molecular weight excluding hydrogens is 204 g/mol. The van der Waals surface area contributed by atoms with Crippen LogP contribution in [0.3, 0.4) is 0 Å². The number of hydrogen-bond acceptors (Lipinski definition) is 2. The summed E-state index contributed by atoms with van der Waals surface area (Å²) in [5.41, 5.74) is -0.338. The van der Waals surface area contributed by atoms with Crippen molar-refractivity contribution in [3.63, 3.8) is 0 Å². The minimum atomic E-state index is -0.788. The highest BCUT2D eigenvalue weighted by Gasteiger charge is 2.31. The Morgan fingerprint density at radius 2 is 1.88 bits per heavy atom. The van der Waals surface area contributed by atoms with Crippen LogP contribution in [-0.2, 0) is 9.53 Å². The summed E-state index contributed by atoms with van der Waals surface area (Å²) in [4.78, 5) is 10.9. The van der Waals surface area contributed by atoms with Crippen LogP contribution in [-0.4, -0.2) is 23.8 Å². The van der Waals surface area contributed by atoms with Gasteiger partial charge in [0.25, 0.3) is 0 Å². The molecule has 1 aliphatic rings. The zero-order valence-electron chi connectivity index (χ0n) is 10.9. The van der Waals surface area contributed by atoms with E-state index >= 15 is 0 Å². The number of carboxylic acids is 1. The summed E-state index contributed by atoms with van der Waals surface area (Å²) in [5, 5.41) is 8.97. The highest BCUT2D eigenvalue weighted by Crippen LogP contribution is 2.36. The molecule has 94 valence electrons. The number of rotatable bonds is 4. The normalized spacial score (nSPS) is 22.0. The van der Waals surface area contributed by atoms with E-state index in [0.717, 1.165) is 12.8 Å². The first kappa shape index (κ1) is 13.5. The Hall–Kier alpha value is -0.570. The monoisotopic (exact) mass is 228 g/mol. The molecule has 0 spiro atoms. The van der Waals surface area contributed by atoms with Crippen LogP contribution in [0.15, 0.2) is 0 Å². The second-order valence-electron chi connectivity index (χ2n) is 6.36. The maximum atomic E-state index is 10.9. The molecule has 1 N–H and O–H groups in total. The molecule has 0 heterocycles. The Morgan fingerprint density at radius 1 is 1.38 bits per heavy atom. The molecule has 0 amide bonds. The average Bonchev–Trinajstić information content (AvgIpc) is 2.16. The van der Waals surface area contributed by atoms with Crippen molar-refractivity contribution in [1.82, 2.24) is 0 Å². The van der Waals surface area contributed by atoms with E-state index in [1.807, 2.05) is 0 Å². The molecule has 3 heteroatoms. The molecule has 1 aliphatic carbocycles. The van der Waals surface area contributed by atoms with Crippen LogP contribution in [0.25, 0.3) is 0 Å². The average molecular weight is 228 g/mol. The predicted molar refractivity (Wildman–Crippen MR) is 63.4 cm³/mol. The van der Waals surface area contributed by atoms with Gasteiger partial charge in [-0.2, -0.15) is 0 Å². The van der Waals surface area contributed by atoms with Crippen LogP contribution < -0.4 is 0 Å². The van der Waals surface area contributed by atoms with E-state index in [9.17, 15) is 4.79 Å². The fourth-order valence-corrected chi connectivity index (χ4v) is 1.93. The molecule has 0 unspecified atom stereocenters. The topological polar surface area (TPSA) is 46.5 Å². The van der Waals surface area contributed by atoms with E-state index < -0.39 is 11.4 Å². The summed E-state index contributed by atoms with van der Waals surface area (Å²) in [5.74, 6) is -0.788. The molecule has 0 radical (unpaired) electrons.